The molecule has 0 aliphatic carbocycles. The van der Waals surface area contributed by atoms with Gasteiger partial charge < -0.3 is 14.5 Å². The molecule has 2 aromatic heterocycles. The van der Waals surface area contributed by atoms with Crippen molar-refractivity contribution in [3.05, 3.63) is 48.5 Å². The van der Waals surface area contributed by atoms with Gasteiger partial charge in [-0.1, -0.05) is 12.1 Å². The number of carbonyl (C=O) groups is 1. The van der Waals surface area contributed by atoms with Gasteiger partial charge in [-0.2, -0.15) is 0 Å². The predicted octanol–water partition coefficient (Wildman–Crippen LogP) is 2.80. The highest BCUT2D eigenvalue weighted by Crippen LogP contribution is 2.16. The number of aromatic nitrogens is 2. The summed E-state index contributed by atoms with van der Waals surface area (Å²) in [5.41, 5.74) is 2.16. The van der Waals surface area contributed by atoms with E-state index in [0.717, 1.165) is 11.1 Å². The summed E-state index contributed by atoms with van der Waals surface area (Å²) in [5, 5.41) is 2.77. The van der Waals surface area contributed by atoms with Crippen LogP contribution in [0.3, 0.4) is 0 Å². The minimum absolute atomic E-state index is 0.116. The zero-order chi connectivity index (χ0) is 15.4. The van der Waals surface area contributed by atoms with Gasteiger partial charge in [-0.15, -0.1) is 0 Å². The molecule has 112 valence electrons. The zero-order valence-electron chi connectivity index (χ0n) is 12.1. The number of aryl methyl sites for hydroxylation is 1. The molecular weight excluding hydrogens is 282 g/mol. The second-order valence-corrected chi connectivity index (χ2v) is 4.71. The van der Waals surface area contributed by atoms with Gasteiger partial charge in [-0.3, -0.25) is 4.79 Å². The first-order valence-corrected chi connectivity index (χ1v) is 6.89. The first-order valence-electron chi connectivity index (χ1n) is 6.89. The van der Waals surface area contributed by atoms with Gasteiger partial charge in [0.1, 0.15) is 5.52 Å². The number of nitrogens with zero attached hydrogens (tertiary/aromatic N) is 2. The quantitative estimate of drug-likeness (QED) is 0.783. The molecule has 0 radical (unpaired) electrons. The first kappa shape index (κ1) is 14.1. The fourth-order valence-corrected chi connectivity index (χ4v) is 2.05. The highest BCUT2D eigenvalue weighted by Gasteiger charge is 2.08. The van der Waals surface area contributed by atoms with Crippen molar-refractivity contribution in [3.8, 4) is 5.88 Å². The number of ether oxygens (including phenoxy) is 1. The fourth-order valence-electron chi connectivity index (χ4n) is 2.05. The molecule has 6 heteroatoms. The monoisotopic (exact) mass is 297 g/mol. The van der Waals surface area contributed by atoms with E-state index in [9.17, 15) is 4.79 Å². The van der Waals surface area contributed by atoms with Crippen LogP contribution >= 0.6 is 0 Å². The van der Waals surface area contributed by atoms with Crippen molar-refractivity contribution in [1.82, 2.24) is 9.97 Å². The van der Waals surface area contributed by atoms with Gasteiger partial charge in [0.15, 0.2) is 11.5 Å². The van der Waals surface area contributed by atoms with Gasteiger partial charge in [0.25, 0.3) is 0 Å². The van der Waals surface area contributed by atoms with Crippen LogP contribution < -0.4 is 10.1 Å². The van der Waals surface area contributed by atoms with Crippen LogP contribution in [-0.4, -0.2) is 23.0 Å². The van der Waals surface area contributed by atoms with E-state index in [4.69, 9.17) is 9.15 Å². The number of amides is 1. The number of hydrogen-bond acceptors (Lipinski definition) is 5. The van der Waals surface area contributed by atoms with E-state index in [2.05, 4.69) is 15.3 Å². The number of methoxy groups -OCH3 is 1. The van der Waals surface area contributed by atoms with Gasteiger partial charge in [0, 0.05) is 18.9 Å². The zero-order valence-corrected chi connectivity index (χ0v) is 12.1. The highest BCUT2D eigenvalue weighted by atomic mass is 16.5. The molecule has 3 rings (SSSR count). The topological polar surface area (TPSA) is 77.2 Å². The number of pyridine rings is 1. The van der Waals surface area contributed by atoms with E-state index in [0.29, 0.717) is 30.3 Å². The average molecular weight is 297 g/mol. The number of para-hydroxylation sites is 2. The van der Waals surface area contributed by atoms with Crippen molar-refractivity contribution in [3.63, 3.8) is 0 Å². The third-order valence-electron chi connectivity index (χ3n) is 3.13. The van der Waals surface area contributed by atoms with Gasteiger partial charge in [0.05, 0.1) is 19.0 Å². The molecular formula is C16H15N3O3. The summed E-state index contributed by atoms with van der Waals surface area (Å²) < 4.78 is 10.5. The van der Waals surface area contributed by atoms with E-state index >= 15 is 0 Å². The number of fused-ring (bicyclic) bond motifs is 1. The van der Waals surface area contributed by atoms with E-state index in [1.165, 1.54) is 0 Å². The van der Waals surface area contributed by atoms with Crippen LogP contribution in [0.5, 0.6) is 5.88 Å². The standard InChI is InChI=1S/C16H15N3O3/c1-21-15-8-6-11(10-17-15)18-14(20)7-9-16-19-12-4-2-3-5-13(12)22-16/h2-6,8,10H,7,9H2,1H3,(H,18,20). The number of rotatable bonds is 5. The second kappa shape index (κ2) is 6.26. The minimum atomic E-state index is -0.116. The number of nitrogens with one attached hydrogen (secondary N) is 1. The largest absolute Gasteiger partial charge is 0.481 e. The molecule has 2 heterocycles. The normalized spacial score (nSPS) is 10.6. The smallest absolute Gasteiger partial charge is 0.224 e. The Hall–Kier alpha value is -2.89. The molecule has 0 unspecified atom stereocenters. The number of benzene rings is 1. The van der Waals surface area contributed by atoms with E-state index in [-0.39, 0.29) is 5.91 Å². The number of hydrogen-bond donors (Lipinski definition) is 1. The predicted molar refractivity (Wildman–Crippen MR) is 81.7 cm³/mol. The third-order valence-corrected chi connectivity index (χ3v) is 3.13. The lowest BCUT2D eigenvalue weighted by Crippen LogP contribution is -2.12. The minimum Gasteiger partial charge on any atom is -0.481 e. The molecule has 1 amide bonds. The molecule has 0 aliphatic heterocycles. The lowest BCUT2D eigenvalue weighted by Gasteiger charge is -2.04. The lowest BCUT2D eigenvalue weighted by molar-refractivity contribution is -0.116. The summed E-state index contributed by atoms with van der Waals surface area (Å²) in [6, 6.07) is 11.0. The summed E-state index contributed by atoms with van der Waals surface area (Å²) in [4.78, 5) is 20.3. The van der Waals surface area contributed by atoms with Crippen LogP contribution in [0.4, 0.5) is 5.69 Å². The Morgan fingerprint density at radius 2 is 2.14 bits per heavy atom. The lowest BCUT2D eigenvalue weighted by atomic mass is 10.3. The van der Waals surface area contributed by atoms with E-state index < -0.39 is 0 Å². The molecule has 3 aromatic rings. The molecule has 0 spiro atoms. The van der Waals surface area contributed by atoms with Crippen LogP contribution in [0, 0.1) is 0 Å². The molecule has 0 bridgehead atoms. The number of carbonyl (C=O) groups excluding carboxylic acids is 1. The molecule has 1 N–H and O–H groups in total. The Morgan fingerprint density at radius 3 is 2.86 bits per heavy atom. The Balaban J connectivity index is 1.57. The summed E-state index contributed by atoms with van der Waals surface area (Å²) in [5.74, 6) is 0.947. The maximum Gasteiger partial charge on any atom is 0.224 e. The first-order chi connectivity index (χ1) is 10.7. The molecule has 0 fully saturated rings. The second-order valence-electron chi connectivity index (χ2n) is 4.71. The molecule has 1 aromatic carbocycles. The van der Waals surface area contributed by atoms with Crippen molar-refractivity contribution >= 4 is 22.7 Å². The Bertz CT molecular complexity index is 748. The molecule has 0 aliphatic rings. The summed E-state index contributed by atoms with van der Waals surface area (Å²) in [6.45, 7) is 0. The molecule has 0 atom stereocenters. The summed E-state index contributed by atoms with van der Waals surface area (Å²) >= 11 is 0. The van der Waals surface area contributed by atoms with Crippen LogP contribution in [-0.2, 0) is 11.2 Å². The third kappa shape index (κ3) is 3.22. The summed E-state index contributed by atoms with van der Waals surface area (Å²) in [7, 11) is 1.54. The van der Waals surface area contributed by atoms with Gasteiger partial charge in [-0.05, 0) is 18.2 Å². The highest BCUT2D eigenvalue weighted by molar-refractivity contribution is 5.90. The molecule has 0 saturated carbocycles. The summed E-state index contributed by atoms with van der Waals surface area (Å²) in [6.07, 6.45) is 2.29. The van der Waals surface area contributed by atoms with E-state index in [1.807, 2.05) is 24.3 Å². The van der Waals surface area contributed by atoms with Crippen molar-refractivity contribution in [1.29, 1.82) is 0 Å². The maximum absolute atomic E-state index is 11.9. The van der Waals surface area contributed by atoms with E-state index in [1.54, 1.807) is 25.4 Å². The fraction of sp³-hybridized carbons (Fsp3) is 0.188. The van der Waals surface area contributed by atoms with Crippen LogP contribution in [0.25, 0.3) is 11.1 Å². The Morgan fingerprint density at radius 1 is 1.27 bits per heavy atom. The van der Waals surface area contributed by atoms with Crippen LogP contribution in [0.15, 0.2) is 47.0 Å². The number of anilines is 1. The van der Waals surface area contributed by atoms with Crippen molar-refractivity contribution in [2.45, 2.75) is 12.8 Å². The van der Waals surface area contributed by atoms with Crippen LogP contribution in [0.1, 0.15) is 12.3 Å². The van der Waals surface area contributed by atoms with Crippen molar-refractivity contribution in [2.75, 3.05) is 12.4 Å². The molecule has 22 heavy (non-hydrogen) atoms. The number of oxazole rings is 1. The average Bonchev–Trinajstić information content (AvgIpc) is 2.96. The Labute approximate surface area is 127 Å². The van der Waals surface area contributed by atoms with Gasteiger partial charge in [-0.25, -0.2) is 9.97 Å². The van der Waals surface area contributed by atoms with Crippen molar-refractivity contribution < 1.29 is 13.9 Å². The SMILES string of the molecule is COc1ccc(NC(=O)CCc2nc3ccccc3o2)cn1. The molecule has 0 saturated heterocycles. The van der Waals surface area contributed by atoms with Crippen molar-refractivity contribution in [2.24, 2.45) is 0 Å². The van der Waals surface area contributed by atoms with Gasteiger partial charge >= 0.3 is 0 Å². The molecule has 6 nitrogen and oxygen atoms in total. The van der Waals surface area contributed by atoms with Crippen LogP contribution in [0.2, 0.25) is 0 Å². The Kier molecular flexibility index (Phi) is 4.00. The maximum atomic E-state index is 11.9. The van der Waals surface area contributed by atoms with Gasteiger partial charge in [0.2, 0.25) is 11.8 Å².